The van der Waals surface area contributed by atoms with Crippen molar-refractivity contribution in [3.8, 4) is 22.3 Å². The average molecular weight is 765 g/mol. The van der Waals surface area contributed by atoms with Gasteiger partial charge in [-0.05, 0) is 84.0 Å². The summed E-state index contributed by atoms with van der Waals surface area (Å²) in [5.41, 5.74) is 6.57. The van der Waals surface area contributed by atoms with Gasteiger partial charge in [0.2, 0.25) is 23.6 Å². The van der Waals surface area contributed by atoms with Crippen LogP contribution in [-0.4, -0.2) is 83.2 Å². The highest BCUT2D eigenvalue weighted by Gasteiger charge is 2.40. The lowest BCUT2D eigenvalue weighted by molar-refractivity contribution is -0.136. The number of benzene rings is 3. The molecule has 14 nitrogen and oxygen atoms in total. The van der Waals surface area contributed by atoms with Crippen LogP contribution in [0.25, 0.3) is 44.5 Å². The minimum Gasteiger partial charge on any atom is -0.453 e. The molecule has 3 aromatic carbocycles. The van der Waals surface area contributed by atoms with E-state index in [9.17, 15) is 19.2 Å². The molecule has 2 aliphatic rings. The number of hydrogen-bond donors (Lipinski definition) is 2. The number of fused-ring (bicyclic) bond motifs is 2. The lowest BCUT2D eigenvalue weighted by atomic mass is 10.00. The number of oxazole rings is 2. The van der Waals surface area contributed by atoms with Crippen LogP contribution < -0.4 is 10.6 Å². The first kappa shape index (κ1) is 38.4. The molecule has 2 fully saturated rings. The van der Waals surface area contributed by atoms with Crippen molar-refractivity contribution in [1.29, 1.82) is 0 Å². The van der Waals surface area contributed by atoms with Crippen LogP contribution in [0, 0.1) is 11.8 Å². The van der Waals surface area contributed by atoms with E-state index in [0.29, 0.717) is 59.9 Å². The van der Waals surface area contributed by atoms with Crippen LogP contribution in [0.4, 0.5) is 9.59 Å². The molecule has 7 rings (SSSR count). The summed E-state index contributed by atoms with van der Waals surface area (Å²) < 4.78 is 22.1. The molecule has 0 radical (unpaired) electrons. The van der Waals surface area contributed by atoms with E-state index in [1.54, 1.807) is 9.80 Å². The quantitative estimate of drug-likeness (QED) is 0.146. The summed E-state index contributed by atoms with van der Waals surface area (Å²) in [6, 6.07) is 17.9. The summed E-state index contributed by atoms with van der Waals surface area (Å²) >= 11 is 0. The van der Waals surface area contributed by atoms with Crippen LogP contribution >= 0.6 is 0 Å². The van der Waals surface area contributed by atoms with Crippen molar-refractivity contribution in [1.82, 2.24) is 30.4 Å². The van der Waals surface area contributed by atoms with E-state index in [1.165, 1.54) is 14.2 Å². The molecular formula is C42H48N6O8. The van der Waals surface area contributed by atoms with Gasteiger partial charge in [0.15, 0.2) is 11.2 Å². The van der Waals surface area contributed by atoms with Gasteiger partial charge in [-0.2, -0.15) is 0 Å². The predicted octanol–water partition coefficient (Wildman–Crippen LogP) is 7.39. The van der Waals surface area contributed by atoms with Gasteiger partial charge in [0.05, 0.1) is 14.2 Å². The summed E-state index contributed by atoms with van der Waals surface area (Å²) in [5, 5.41) is 5.36. The fourth-order valence-electron chi connectivity index (χ4n) is 7.71. The zero-order valence-corrected chi connectivity index (χ0v) is 32.5. The molecule has 4 heterocycles. The summed E-state index contributed by atoms with van der Waals surface area (Å²) in [6.45, 7) is 8.64. The number of carbonyl (C=O) groups is 4. The van der Waals surface area contributed by atoms with Gasteiger partial charge in [-0.15, -0.1) is 0 Å². The topological polar surface area (TPSA) is 169 Å². The van der Waals surface area contributed by atoms with Crippen LogP contribution in [0.1, 0.15) is 77.2 Å². The molecular weight excluding hydrogens is 716 g/mol. The molecule has 0 saturated carbocycles. The monoisotopic (exact) mass is 764 g/mol. The Labute approximate surface area is 324 Å². The van der Waals surface area contributed by atoms with E-state index in [1.807, 2.05) is 64.1 Å². The van der Waals surface area contributed by atoms with Crippen molar-refractivity contribution < 1.29 is 37.5 Å². The van der Waals surface area contributed by atoms with Gasteiger partial charge in [0.1, 0.15) is 35.2 Å². The highest BCUT2D eigenvalue weighted by molar-refractivity contribution is 5.88. The Balaban J connectivity index is 1.06. The second kappa shape index (κ2) is 16.0. The molecule has 4 atom stereocenters. The number of ether oxygens (including phenoxy) is 2. The minimum absolute atomic E-state index is 0.132. The molecule has 2 saturated heterocycles. The third kappa shape index (κ3) is 7.64. The standard InChI is InChI=1S/C42H48N6O8/c1-23(2)35(45-41(51)53-5)39(49)47-19-7-9-31(47)37-43-29-17-15-27(21-33(29)55-37)25-11-13-26(14-12-25)28-16-18-30-34(22-28)56-38(44-30)32-10-8-20-48(32)40(50)36(24(3)4)46-42(52)54-6/h11-18,21-24,31-32,35-36H,7-10,19-20H2,1-6H3,(H,45,51)(H,46,52)/t31-,32-,35-,36+/m0/s1. The third-order valence-corrected chi connectivity index (χ3v) is 10.8. The summed E-state index contributed by atoms with van der Waals surface area (Å²) in [5.74, 6) is 0.329. The van der Waals surface area contributed by atoms with E-state index in [-0.39, 0.29) is 35.7 Å². The van der Waals surface area contributed by atoms with E-state index < -0.39 is 24.3 Å². The van der Waals surface area contributed by atoms with Gasteiger partial charge in [-0.3, -0.25) is 9.59 Å². The number of nitrogens with one attached hydrogen (secondary N) is 2. The smallest absolute Gasteiger partial charge is 0.407 e. The van der Waals surface area contributed by atoms with E-state index in [0.717, 1.165) is 35.1 Å². The van der Waals surface area contributed by atoms with Crippen molar-refractivity contribution in [2.75, 3.05) is 27.3 Å². The maximum atomic E-state index is 13.6. The zero-order chi connectivity index (χ0) is 39.7. The molecule has 4 amide bonds. The fourth-order valence-corrected chi connectivity index (χ4v) is 7.71. The fraction of sp³-hybridized carbons (Fsp3) is 0.429. The first-order valence-electron chi connectivity index (χ1n) is 19.2. The second-order valence-corrected chi connectivity index (χ2v) is 15.1. The summed E-state index contributed by atoms with van der Waals surface area (Å²) in [6.07, 6.45) is 1.75. The second-order valence-electron chi connectivity index (χ2n) is 15.1. The van der Waals surface area contributed by atoms with E-state index in [4.69, 9.17) is 28.3 Å². The molecule has 56 heavy (non-hydrogen) atoms. The Bertz CT molecular complexity index is 2090. The van der Waals surface area contributed by atoms with Crippen molar-refractivity contribution in [2.24, 2.45) is 11.8 Å². The number of methoxy groups -OCH3 is 2. The number of likely N-dealkylation sites (tertiary alicyclic amines) is 2. The van der Waals surface area contributed by atoms with Crippen molar-refractivity contribution in [2.45, 2.75) is 77.5 Å². The summed E-state index contributed by atoms with van der Waals surface area (Å²) in [7, 11) is 2.56. The van der Waals surface area contributed by atoms with E-state index in [2.05, 4.69) is 34.9 Å². The van der Waals surface area contributed by atoms with Gasteiger partial charge in [-0.1, -0.05) is 64.1 Å². The van der Waals surface area contributed by atoms with E-state index >= 15 is 0 Å². The van der Waals surface area contributed by atoms with Gasteiger partial charge in [-0.25, -0.2) is 19.6 Å². The number of carbonyl (C=O) groups excluding carboxylic acids is 4. The molecule has 0 unspecified atom stereocenters. The summed E-state index contributed by atoms with van der Waals surface area (Å²) in [4.78, 5) is 64.1. The van der Waals surface area contributed by atoms with Crippen molar-refractivity contribution >= 4 is 46.2 Å². The zero-order valence-electron chi connectivity index (χ0n) is 32.5. The minimum atomic E-state index is -0.723. The molecule has 14 heteroatoms. The molecule has 0 bridgehead atoms. The van der Waals surface area contributed by atoms with Gasteiger partial charge < -0.3 is 38.7 Å². The Morgan fingerprint density at radius 3 is 1.36 bits per heavy atom. The predicted molar refractivity (Wildman–Crippen MR) is 208 cm³/mol. The third-order valence-electron chi connectivity index (χ3n) is 10.8. The molecule has 2 N–H and O–H groups in total. The number of aromatic nitrogens is 2. The Hall–Kier alpha value is -5.92. The lowest BCUT2D eigenvalue weighted by Gasteiger charge is -2.29. The Morgan fingerprint density at radius 2 is 1.00 bits per heavy atom. The first-order chi connectivity index (χ1) is 26.9. The molecule has 2 aliphatic heterocycles. The van der Waals surface area contributed by atoms with Gasteiger partial charge in [0, 0.05) is 13.1 Å². The maximum Gasteiger partial charge on any atom is 0.407 e. The number of amides is 4. The highest BCUT2D eigenvalue weighted by atomic mass is 16.5. The maximum absolute atomic E-state index is 13.6. The molecule has 0 aliphatic carbocycles. The normalized spacial score (nSPS) is 18.1. The van der Waals surface area contributed by atoms with Crippen LogP contribution in [0.2, 0.25) is 0 Å². The van der Waals surface area contributed by atoms with Crippen LogP contribution in [-0.2, 0) is 19.1 Å². The number of hydrogen-bond acceptors (Lipinski definition) is 10. The lowest BCUT2D eigenvalue weighted by Crippen LogP contribution is -2.51. The molecule has 2 aromatic heterocycles. The molecule has 0 spiro atoms. The highest BCUT2D eigenvalue weighted by Crippen LogP contribution is 2.37. The number of rotatable bonds is 10. The molecule has 294 valence electrons. The van der Waals surface area contributed by atoms with Crippen molar-refractivity contribution in [3.63, 3.8) is 0 Å². The largest absolute Gasteiger partial charge is 0.453 e. The average Bonchev–Trinajstić information content (AvgIpc) is 4.03. The van der Waals surface area contributed by atoms with Crippen molar-refractivity contribution in [3.05, 3.63) is 72.4 Å². The number of nitrogens with zero attached hydrogens (tertiary/aromatic N) is 4. The van der Waals surface area contributed by atoms with Gasteiger partial charge >= 0.3 is 12.2 Å². The van der Waals surface area contributed by atoms with Crippen LogP contribution in [0.5, 0.6) is 0 Å². The first-order valence-corrected chi connectivity index (χ1v) is 19.2. The Kier molecular flexibility index (Phi) is 11.0. The van der Waals surface area contributed by atoms with Gasteiger partial charge in [0.25, 0.3) is 0 Å². The number of alkyl carbamates (subject to hydrolysis) is 2. The Morgan fingerprint density at radius 1 is 0.625 bits per heavy atom. The SMILES string of the molecule is COC(=O)N[C@H](C(=O)N1CCC[C@H]1c1nc2ccc(-c3ccc(-c4ccc5nc([C@@H]6CCCN6C(=O)[C@H](NC(=O)OC)C(C)C)oc5c4)cc3)cc2o1)C(C)C. The van der Waals surface area contributed by atoms with Crippen LogP contribution in [0.3, 0.4) is 0 Å². The van der Waals surface area contributed by atoms with Crippen LogP contribution in [0.15, 0.2) is 69.5 Å². The molecule has 5 aromatic rings.